The van der Waals surface area contributed by atoms with E-state index >= 15 is 0 Å². The van der Waals surface area contributed by atoms with E-state index in [2.05, 4.69) is 17.1 Å². The average Bonchev–Trinajstić information content (AvgIpc) is 2.01. The molecule has 3 heteroatoms. The van der Waals surface area contributed by atoms with Gasteiger partial charge in [0.15, 0.2) is 0 Å². The summed E-state index contributed by atoms with van der Waals surface area (Å²) in [5.74, 6) is 0. The fraction of sp³-hybridized carbons (Fsp3) is 1.00. The first-order valence-electron chi connectivity index (χ1n) is 5.76. The van der Waals surface area contributed by atoms with E-state index in [0.717, 1.165) is 39.0 Å². The van der Waals surface area contributed by atoms with Crippen molar-refractivity contribution in [3.8, 4) is 0 Å². The molecule has 1 aliphatic rings. The highest BCUT2D eigenvalue weighted by atomic mass is 16.3. The smallest absolute Gasteiger partial charge is 0.0743 e. The SMILES string of the molecule is CCCN(CC(C)(O)CC)C1CNC1. The summed E-state index contributed by atoms with van der Waals surface area (Å²) in [6.07, 6.45) is 1.99. The lowest BCUT2D eigenvalue weighted by molar-refractivity contribution is -0.00517. The summed E-state index contributed by atoms with van der Waals surface area (Å²) in [5.41, 5.74) is -0.523. The van der Waals surface area contributed by atoms with E-state index in [9.17, 15) is 5.11 Å². The Hall–Kier alpha value is -0.120. The third-order valence-electron chi connectivity index (χ3n) is 3.09. The van der Waals surface area contributed by atoms with Gasteiger partial charge in [-0.25, -0.2) is 0 Å². The summed E-state index contributed by atoms with van der Waals surface area (Å²) in [6.45, 7) is 10.2. The van der Waals surface area contributed by atoms with Gasteiger partial charge in [-0.3, -0.25) is 4.90 Å². The maximum Gasteiger partial charge on any atom is 0.0743 e. The van der Waals surface area contributed by atoms with Crippen LogP contribution in [0.15, 0.2) is 0 Å². The first-order valence-corrected chi connectivity index (χ1v) is 5.76. The number of hydrogen-bond acceptors (Lipinski definition) is 3. The quantitative estimate of drug-likeness (QED) is 0.667. The Labute approximate surface area is 87.5 Å². The molecular formula is C11H24N2O. The van der Waals surface area contributed by atoms with Crippen LogP contribution in [0.5, 0.6) is 0 Å². The molecule has 1 atom stereocenters. The lowest BCUT2D eigenvalue weighted by atomic mass is 10.0. The average molecular weight is 200 g/mol. The van der Waals surface area contributed by atoms with Crippen LogP contribution >= 0.6 is 0 Å². The Balaban J connectivity index is 2.41. The predicted octanol–water partition coefficient (Wildman–Crippen LogP) is 0.831. The van der Waals surface area contributed by atoms with Crippen LogP contribution in [0.4, 0.5) is 0 Å². The maximum absolute atomic E-state index is 10.0. The molecule has 0 saturated carbocycles. The van der Waals surface area contributed by atoms with Crippen LogP contribution in [-0.4, -0.2) is 47.8 Å². The van der Waals surface area contributed by atoms with Gasteiger partial charge in [0.05, 0.1) is 5.60 Å². The molecule has 2 N–H and O–H groups in total. The Morgan fingerprint density at radius 1 is 1.43 bits per heavy atom. The van der Waals surface area contributed by atoms with Crippen molar-refractivity contribution in [3.63, 3.8) is 0 Å². The monoisotopic (exact) mass is 200 g/mol. The Kier molecular flexibility index (Phi) is 4.35. The Morgan fingerprint density at radius 2 is 2.07 bits per heavy atom. The van der Waals surface area contributed by atoms with Gasteiger partial charge in [0.25, 0.3) is 0 Å². The minimum atomic E-state index is -0.523. The topological polar surface area (TPSA) is 35.5 Å². The standard InChI is InChI=1S/C11H24N2O/c1-4-6-13(10-7-12-8-10)9-11(3,14)5-2/h10,12,14H,4-9H2,1-3H3. The van der Waals surface area contributed by atoms with Crippen LogP contribution in [0.3, 0.4) is 0 Å². The van der Waals surface area contributed by atoms with Gasteiger partial charge >= 0.3 is 0 Å². The summed E-state index contributed by atoms with van der Waals surface area (Å²) in [4.78, 5) is 2.42. The summed E-state index contributed by atoms with van der Waals surface area (Å²) in [7, 11) is 0. The maximum atomic E-state index is 10.0. The van der Waals surface area contributed by atoms with Crippen molar-refractivity contribution in [2.75, 3.05) is 26.2 Å². The molecule has 0 aromatic carbocycles. The van der Waals surface area contributed by atoms with E-state index in [-0.39, 0.29) is 0 Å². The molecule has 0 radical (unpaired) electrons. The molecule has 1 saturated heterocycles. The van der Waals surface area contributed by atoms with Gasteiger partial charge in [-0.05, 0) is 26.3 Å². The minimum Gasteiger partial charge on any atom is -0.389 e. The molecule has 0 aromatic rings. The summed E-state index contributed by atoms with van der Waals surface area (Å²) in [6, 6.07) is 0.646. The van der Waals surface area contributed by atoms with Gasteiger partial charge in [-0.1, -0.05) is 13.8 Å². The first kappa shape index (κ1) is 12.0. The van der Waals surface area contributed by atoms with E-state index in [1.165, 1.54) is 0 Å². The van der Waals surface area contributed by atoms with E-state index in [1.54, 1.807) is 0 Å². The third-order valence-corrected chi connectivity index (χ3v) is 3.09. The zero-order valence-corrected chi connectivity index (χ0v) is 9.71. The second kappa shape index (κ2) is 5.10. The highest BCUT2D eigenvalue weighted by molar-refractivity contribution is 4.88. The van der Waals surface area contributed by atoms with E-state index in [1.807, 2.05) is 13.8 Å². The van der Waals surface area contributed by atoms with E-state index < -0.39 is 5.60 Å². The molecule has 1 heterocycles. The van der Waals surface area contributed by atoms with Crippen LogP contribution < -0.4 is 5.32 Å². The van der Waals surface area contributed by atoms with Crippen molar-refractivity contribution in [2.45, 2.75) is 45.3 Å². The van der Waals surface area contributed by atoms with Crippen LogP contribution in [0.2, 0.25) is 0 Å². The minimum absolute atomic E-state index is 0.523. The molecule has 0 aromatic heterocycles. The molecule has 84 valence electrons. The summed E-state index contributed by atoms with van der Waals surface area (Å²) >= 11 is 0. The van der Waals surface area contributed by atoms with Crippen molar-refractivity contribution in [1.82, 2.24) is 10.2 Å². The molecule has 3 nitrogen and oxygen atoms in total. The Morgan fingerprint density at radius 3 is 2.43 bits per heavy atom. The fourth-order valence-electron chi connectivity index (χ4n) is 1.76. The number of aliphatic hydroxyl groups is 1. The zero-order valence-electron chi connectivity index (χ0n) is 9.71. The molecule has 1 aliphatic heterocycles. The molecular weight excluding hydrogens is 176 g/mol. The highest BCUT2D eigenvalue weighted by Crippen LogP contribution is 2.15. The van der Waals surface area contributed by atoms with Gasteiger partial charge in [0.2, 0.25) is 0 Å². The molecule has 0 bridgehead atoms. The van der Waals surface area contributed by atoms with Gasteiger partial charge < -0.3 is 10.4 Å². The molecule has 0 aliphatic carbocycles. The second-order valence-electron chi connectivity index (χ2n) is 4.63. The van der Waals surface area contributed by atoms with E-state index in [0.29, 0.717) is 6.04 Å². The first-order chi connectivity index (χ1) is 6.59. The van der Waals surface area contributed by atoms with Crippen molar-refractivity contribution in [3.05, 3.63) is 0 Å². The second-order valence-corrected chi connectivity index (χ2v) is 4.63. The van der Waals surface area contributed by atoms with Crippen molar-refractivity contribution in [1.29, 1.82) is 0 Å². The number of rotatable bonds is 6. The fourth-order valence-corrected chi connectivity index (χ4v) is 1.76. The van der Waals surface area contributed by atoms with Gasteiger partial charge in [0.1, 0.15) is 0 Å². The number of nitrogens with zero attached hydrogens (tertiary/aromatic N) is 1. The number of hydrogen-bond donors (Lipinski definition) is 2. The van der Waals surface area contributed by atoms with Crippen molar-refractivity contribution >= 4 is 0 Å². The molecule has 0 spiro atoms. The van der Waals surface area contributed by atoms with Crippen LogP contribution in [-0.2, 0) is 0 Å². The van der Waals surface area contributed by atoms with Gasteiger partial charge in [-0.2, -0.15) is 0 Å². The summed E-state index contributed by atoms with van der Waals surface area (Å²) in [5, 5.41) is 13.3. The largest absolute Gasteiger partial charge is 0.389 e. The van der Waals surface area contributed by atoms with Crippen LogP contribution in [0, 0.1) is 0 Å². The molecule has 1 rings (SSSR count). The van der Waals surface area contributed by atoms with Crippen LogP contribution in [0.1, 0.15) is 33.6 Å². The Bertz CT molecular complexity index is 167. The van der Waals surface area contributed by atoms with Gasteiger partial charge in [-0.15, -0.1) is 0 Å². The van der Waals surface area contributed by atoms with E-state index in [4.69, 9.17) is 0 Å². The molecule has 0 amide bonds. The lowest BCUT2D eigenvalue weighted by Crippen LogP contribution is -2.60. The van der Waals surface area contributed by atoms with Crippen LogP contribution in [0.25, 0.3) is 0 Å². The lowest BCUT2D eigenvalue weighted by Gasteiger charge is -2.41. The zero-order chi connectivity index (χ0) is 10.6. The molecule has 1 unspecified atom stereocenters. The number of nitrogens with one attached hydrogen (secondary N) is 1. The molecule has 1 fully saturated rings. The highest BCUT2D eigenvalue weighted by Gasteiger charge is 2.29. The van der Waals surface area contributed by atoms with Crippen molar-refractivity contribution in [2.24, 2.45) is 0 Å². The molecule has 14 heavy (non-hydrogen) atoms. The summed E-state index contributed by atoms with van der Waals surface area (Å²) < 4.78 is 0. The predicted molar refractivity (Wildman–Crippen MR) is 59.4 cm³/mol. The normalized spacial score (nSPS) is 22.1. The third kappa shape index (κ3) is 3.23. The van der Waals surface area contributed by atoms with Gasteiger partial charge in [0, 0.05) is 25.7 Å². The van der Waals surface area contributed by atoms with Crippen molar-refractivity contribution < 1.29 is 5.11 Å².